The standard InChI is InChI=1S/C14H23NO3S/c1-11-5-6-12(2)13(9-11)14(15)10-19(16,17)8-4-7-18-3/h5-6,9,14H,4,7-8,10,15H2,1-3H3. The van der Waals surface area contributed by atoms with E-state index in [1.807, 2.05) is 32.0 Å². The summed E-state index contributed by atoms with van der Waals surface area (Å²) in [7, 11) is -1.57. The van der Waals surface area contributed by atoms with Gasteiger partial charge in [0.05, 0.1) is 11.5 Å². The first-order chi connectivity index (χ1) is 8.85. The van der Waals surface area contributed by atoms with Crippen molar-refractivity contribution in [1.29, 1.82) is 0 Å². The zero-order valence-electron chi connectivity index (χ0n) is 11.8. The van der Waals surface area contributed by atoms with Gasteiger partial charge >= 0.3 is 0 Å². The van der Waals surface area contributed by atoms with E-state index in [-0.39, 0.29) is 11.5 Å². The minimum Gasteiger partial charge on any atom is -0.385 e. The van der Waals surface area contributed by atoms with E-state index in [1.54, 1.807) is 7.11 Å². The van der Waals surface area contributed by atoms with Crippen molar-refractivity contribution in [1.82, 2.24) is 0 Å². The summed E-state index contributed by atoms with van der Waals surface area (Å²) in [6.45, 7) is 4.38. The Morgan fingerprint density at radius 2 is 2.00 bits per heavy atom. The number of benzene rings is 1. The van der Waals surface area contributed by atoms with Gasteiger partial charge < -0.3 is 10.5 Å². The number of ether oxygens (including phenoxy) is 1. The quantitative estimate of drug-likeness (QED) is 0.775. The average molecular weight is 285 g/mol. The van der Waals surface area contributed by atoms with Crippen molar-refractivity contribution in [3.63, 3.8) is 0 Å². The Kier molecular flexibility index (Phi) is 5.97. The monoisotopic (exact) mass is 285 g/mol. The predicted molar refractivity (Wildman–Crippen MR) is 78.0 cm³/mol. The third kappa shape index (κ3) is 5.30. The Morgan fingerprint density at radius 1 is 1.32 bits per heavy atom. The number of aryl methyl sites for hydroxylation is 2. The highest BCUT2D eigenvalue weighted by Crippen LogP contribution is 2.19. The molecule has 19 heavy (non-hydrogen) atoms. The van der Waals surface area contributed by atoms with Crippen LogP contribution in [0.3, 0.4) is 0 Å². The molecule has 1 aromatic rings. The molecule has 0 aliphatic heterocycles. The van der Waals surface area contributed by atoms with Gasteiger partial charge in [-0.25, -0.2) is 8.42 Å². The van der Waals surface area contributed by atoms with E-state index < -0.39 is 15.9 Å². The summed E-state index contributed by atoms with van der Waals surface area (Å²) >= 11 is 0. The maximum atomic E-state index is 11.9. The van der Waals surface area contributed by atoms with E-state index in [9.17, 15) is 8.42 Å². The van der Waals surface area contributed by atoms with Crippen LogP contribution in [0.1, 0.15) is 29.2 Å². The van der Waals surface area contributed by atoms with E-state index in [1.165, 1.54) is 0 Å². The summed E-state index contributed by atoms with van der Waals surface area (Å²) in [5.74, 6) is 0.112. The predicted octanol–water partition coefficient (Wildman–Crippen LogP) is 1.75. The molecule has 1 aromatic carbocycles. The van der Waals surface area contributed by atoms with Gasteiger partial charge in [-0.2, -0.15) is 0 Å². The van der Waals surface area contributed by atoms with Crippen LogP contribution < -0.4 is 5.73 Å². The smallest absolute Gasteiger partial charge is 0.152 e. The van der Waals surface area contributed by atoms with Gasteiger partial charge in [-0.3, -0.25) is 0 Å². The SMILES string of the molecule is COCCCS(=O)(=O)CC(N)c1cc(C)ccc1C. The van der Waals surface area contributed by atoms with Crippen molar-refractivity contribution in [2.45, 2.75) is 26.3 Å². The normalized spacial score (nSPS) is 13.5. The summed E-state index contributed by atoms with van der Waals surface area (Å²) in [6.07, 6.45) is 0.512. The van der Waals surface area contributed by atoms with Crippen LogP contribution in [-0.2, 0) is 14.6 Å². The van der Waals surface area contributed by atoms with Gasteiger partial charge in [-0.05, 0) is 31.4 Å². The van der Waals surface area contributed by atoms with Gasteiger partial charge in [0.25, 0.3) is 0 Å². The molecule has 108 valence electrons. The molecule has 0 aliphatic carbocycles. The molecule has 0 saturated carbocycles. The van der Waals surface area contributed by atoms with Crippen molar-refractivity contribution in [3.8, 4) is 0 Å². The lowest BCUT2D eigenvalue weighted by molar-refractivity contribution is 0.199. The number of hydrogen-bond donors (Lipinski definition) is 1. The molecule has 0 radical (unpaired) electrons. The Morgan fingerprint density at radius 3 is 2.63 bits per heavy atom. The fourth-order valence-corrected chi connectivity index (χ4v) is 3.48. The third-order valence-corrected chi connectivity index (χ3v) is 4.85. The van der Waals surface area contributed by atoms with E-state index in [2.05, 4.69) is 0 Å². The molecule has 0 saturated heterocycles. The molecule has 0 aromatic heterocycles. The van der Waals surface area contributed by atoms with Crippen LogP contribution in [0.2, 0.25) is 0 Å². The molecule has 1 rings (SSSR count). The first kappa shape index (κ1) is 16.1. The van der Waals surface area contributed by atoms with Gasteiger partial charge in [0.2, 0.25) is 0 Å². The maximum Gasteiger partial charge on any atom is 0.152 e. The summed E-state index contributed by atoms with van der Waals surface area (Å²) < 4.78 is 28.8. The van der Waals surface area contributed by atoms with E-state index in [0.717, 1.165) is 16.7 Å². The zero-order chi connectivity index (χ0) is 14.5. The molecule has 0 spiro atoms. The van der Waals surface area contributed by atoms with Crippen LogP contribution in [0.15, 0.2) is 18.2 Å². The fourth-order valence-electron chi connectivity index (χ4n) is 2.03. The lowest BCUT2D eigenvalue weighted by Gasteiger charge is -2.15. The molecule has 2 N–H and O–H groups in total. The van der Waals surface area contributed by atoms with Crippen LogP contribution in [0.5, 0.6) is 0 Å². The first-order valence-electron chi connectivity index (χ1n) is 6.38. The van der Waals surface area contributed by atoms with Gasteiger partial charge in [-0.15, -0.1) is 0 Å². The van der Waals surface area contributed by atoms with Crippen molar-refractivity contribution in [2.24, 2.45) is 5.73 Å². The molecular formula is C14H23NO3S. The molecule has 1 atom stereocenters. The zero-order valence-corrected chi connectivity index (χ0v) is 12.7. The number of sulfone groups is 1. The first-order valence-corrected chi connectivity index (χ1v) is 8.20. The van der Waals surface area contributed by atoms with Gasteiger partial charge in [0, 0.05) is 19.8 Å². The van der Waals surface area contributed by atoms with Gasteiger partial charge in [-0.1, -0.05) is 23.8 Å². The number of nitrogens with two attached hydrogens (primary N) is 1. The second-order valence-electron chi connectivity index (χ2n) is 4.93. The van der Waals surface area contributed by atoms with Gasteiger partial charge in [0.15, 0.2) is 9.84 Å². The van der Waals surface area contributed by atoms with Crippen LogP contribution in [0, 0.1) is 13.8 Å². The van der Waals surface area contributed by atoms with E-state index in [0.29, 0.717) is 13.0 Å². The molecule has 4 nitrogen and oxygen atoms in total. The molecule has 0 fully saturated rings. The lowest BCUT2D eigenvalue weighted by Crippen LogP contribution is -2.24. The molecular weight excluding hydrogens is 262 g/mol. The van der Waals surface area contributed by atoms with E-state index in [4.69, 9.17) is 10.5 Å². The minimum absolute atomic E-state index is 0.0129. The molecule has 0 amide bonds. The molecule has 0 aliphatic rings. The second-order valence-corrected chi connectivity index (χ2v) is 7.16. The Hall–Kier alpha value is -0.910. The average Bonchev–Trinajstić information content (AvgIpc) is 2.31. The maximum absolute atomic E-state index is 11.9. The largest absolute Gasteiger partial charge is 0.385 e. The second kappa shape index (κ2) is 7.03. The van der Waals surface area contributed by atoms with Crippen molar-refractivity contribution >= 4 is 9.84 Å². The van der Waals surface area contributed by atoms with Crippen molar-refractivity contribution in [3.05, 3.63) is 34.9 Å². The number of rotatable bonds is 7. The molecule has 5 heteroatoms. The topological polar surface area (TPSA) is 69.4 Å². The Bertz CT molecular complexity index is 511. The summed E-state index contributed by atoms with van der Waals surface area (Å²) in [5, 5.41) is 0. The van der Waals surface area contributed by atoms with Crippen LogP contribution in [0.4, 0.5) is 0 Å². The van der Waals surface area contributed by atoms with Crippen LogP contribution in [0.25, 0.3) is 0 Å². The van der Waals surface area contributed by atoms with Gasteiger partial charge in [0.1, 0.15) is 0 Å². The molecule has 0 bridgehead atoms. The number of hydrogen-bond acceptors (Lipinski definition) is 4. The lowest BCUT2D eigenvalue weighted by atomic mass is 10.0. The molecule has 0 heterocycles. The summed E-state index contributed by atoms with van der Waals surface area (Å²) in [6, 6.07) is 5.47. The summed E-state index contributed by atoms with van der Waals surface area (Å²) in [4.78, 5) is 0. The van der Waals surface area contributed by atoms with Crippen molar-refractivity contribution < 1.29 is 13.2 Å². The van der Waals surface area contributed by atoms with Crippen molar-refractivity contribution in [2.75, 3.05) is 25.2 Å². The third-order valence-electron chi connectivity index (χ3n) is 3.07. The summed E-state index contributed by atoms with van der Waals surface area (Å²) in [5.41, 5.74) is 9.08. The van der Waals surface area contributed by atoms with E-state index >= 15 is 0 Å². The highest BCUT2D eigenvalue weighted by molar-refractivity contribution is 7.91. The molecule has 1 unspecified atom stereocenters. The highest BCUT2D eigenvalue weighted by Gasteiger charge is 2.18. The fraction of sp³-hybridized carbons (Fsp3) is 0.571. The van der Waals surface area contributed by atoms with Crippen LogP contribution >= 0.6 is 0 Å². The Balaban J connectivity index is 2.73. The minimum atomic E-state index is -3.14. The highest BCUT2D eigenvalue weighted by atomic mass is 32.2. The Labute approximate surface area is 115 Å². The van der Waals surface area contributed by atoms with Crippen LogP contribution in [-0.4, -0.2) is 33.6 Å². The number of methoxy groups -OCH3 is 1.